The van der Waals surface area contributed by atoms with E-state index in [0.717, 1.165) is 17.3 Å². The van der Waals surface area contributed by atoms with E-state index in [1.54, 1.807) is 18.4 Å². The first-order chi connectivity index (χ1) is 5.86. The molecule has 0 unspecified atom stereocenters. The average molecular weight is 187 g/mol. The molecule has 0 aliphatic carbocycles. The molecule has 1 aromatic heterocycles. The van der Waals surface area contributed by atoms with Crippen molar-refractivity contribution in [2.75, 3.05) is 13.7 Å². The van der Waals surface area contributed by atoms with E-state index in [4.69, 9.17) is 9.47 Å². The summed E-state index contributed by atoms with van der Waals surface area (Å²) >= 11 is 1.61. The molecule has 0 radical (unpaired) electrons. The topological polar surface area (TPSA) is 31.4 Å². The Morgan fingerprint density at radius 2 is 2.33 bits per heavy atom. The van der Waals surface area contributed by atoms with Gasteiger partial charge < -0.3 is 9.47 Å². The number of methoxy groups -OCH3 is 1. The van der Waals surface area contributed by atoms with Gasteiger partial charge in [0.05, 0.1) is 18.9 Å². The minimum atomic E-state index is 0.586. The minimum absolute atomic E-state index is 0.586. The van der Waals surface area contributed by atoms with E-state index in [2.05, 4.69) is 4.98 Å². The summed E-state index contributed by atoms with van der Waals surface area (Å²) in [6, 6.07) is 0. The highest BCUT2D eigenvalue weighted by Crippen LogP contribution is 2.11. The van der Waals surface area contributed by atoms with E-state index >= 15 is 0 Å². The molecule has 68 valence electrons. The van der Waals surface area contributed by atoms with Crippen molar-refractivity contribution in [2.24, 2.45) is 0 Å². The third-order valence-electron chi connectivity index (χ3n) is 1.32. The van der Waals surface area contributed by atoms with Crippen LogP contribution in [0.25, 0.3) is 0 Å². The van der Waals surface area contributed by atoms with Crippen LogP contribution >= 0.6 is 11.3 Å². The number of aromatic nitrogens is 1. The van der Waals surface area contributed by atoms with Crippen molar-refractivity contribution in [2.45, 2.75) is 20.1 Å². The average Bonchev–Trinajstić information content (AvgIpc) is 2.50. The van der Waals surface area contributed by atoms with Crippen LogP contribution in [0.5, 0.6) is 0 Å². The molecule has 0 spiro atoms. The maximum atomic E-state index is 5.22. The minimum Gasteiger partial charge on any atom is -0.378 e. The molecule has 0 aliphatic rings. The maximum absolute atomic E-state index is 5.22. The van der Waals surface area contributed by atoms with Crippen molar-refractivity contribution >= 4 is 11.3 Å². The molecule has 1 aromatic rings. The van der Waals surface area contributed by atoms with Crippen LogP contribution in [-0.4, -0.2) is 18.7 Å². The number of hydrogen-bond donors (Lipinski definition) is 0. The van der Waals surface area contributed by atoms with Crippen LogP contribution in [0.3, 0.4) is 0 Å². The first-order valence-corrected chi connectivity index (χ1v) is 4.74. The standard InChI is InChI=1S/C8H13NO2S/c1-3-11-5-8-9-7(4-10-2)6-12-8/h6H,3-5H2,1-2H3. The van der Waals surface area contributed by atoms with E-state index in [0.29, 0.717) is 13.2 Å². The molecule has 0 aliphatic heterocycles. The molecule has 0 bridgehead atoms. The Labute approximate surface area is 76.3 Å². The second-order valence-electron chi connectivity index (χ2n) is 2.30. The van der Waals surface area contributed by atoms with Gasteiger partial charge in [-0.15, -0.1) is 11.3 Å². The number of thiazole rings is 1. The Kier molecular flexibility index (Phi) is 4.21. The van der Waals surface area contributed by atoms with Gasteiger partial charge in [0.1, 0.15) is 5.01 Å². The zero-order chi connectivity index (χ0) is 8.81. The van der Waals surface area contributed by atoms with Crippen LogP contribution in [0.1, 0.15) is 17.6 Å². The summed E-state index contributed by atoms with van der Waals surface area (Å²) in [5.74, 6) is 0. The summed E-state index contributed by atoms with van der Waals surface area (Å²) in [6.45, 7) is 3.91. The third kappa shape index (κ3) is 2.89. The molecule has 12 heavy (non-hydrogen) atoms. The van der Waals surface area contributed by atoms with E-state index < -0.39 is 0 Å². The van der Waals surface area contributed by atoms with Gasteiger partial charge in [0, 0.05) is 19.1 Å². The monoisotopic (exact) mass is 187 g/mol. The highest BCUT2D eigenvalue weighted by Gasteiger charge is 2.00. The number of ether oxygens (including phenoxy) is 2. The number of hydrogen-bond acceptors (Lipinski definition) is 4. The SMILES string of the molecule is CCOCc1nc(COC)cs1. The Balaban J connectivity index is 2.41. The second kappa shape index (κ2) is 5.24. The summed E-state index contributed by atoms with van der Waals surface area (Å²) in [4.78, 5) is 4.31. The Morgan fingerprint density at radius 1 is 1.50 bits per heavy atom. The molecule has 0 aromatic carbocycles. The normalized spacial score (nSPS) is 10.5. The zero-order valence-electron chi connectivity index (χ0n) is 7.37. The molecule has 3 nitrogen and oxygen atoms in total. The van der Waals surface area contributed by atoms with Crippen LogP contribution in [0.15, 0.2) is 5.38 Å². The highest BCUT2D eigenvalue weighted by molar-refractivity contribution is 7.09. The summed E-state index contributed by atoms with van der Waals surface area (Å²) < 4.78 is 10.2. The molecule has 1 heterocycles. The van der Waals surface area contributed by atoms with Gasteiger partial charge in [-0.05, 0) is 6.92 Å². The first-order valence-electron chi connectivity index (χ1n) is 3.86. The molecule has 1 rings (SSSR count). The lowest BCUT2D eigenvalue weighted by Gasteiger charge is -1.95. The molecular formula is C8H13NO2S. The van der Waals surface area contributed by atoms with Crippen molar-refractivity contribution in [3.05, 3.63) is 16.1 Å². The second-order valence-corrected chi connectivity index (χ2v) is 3.25. The van der Waals surface area contributed by atoms with Crippen molar-refractivity contribution < 1.29 is 9.47 Å². The predicted octanol–water partition coefficient (Wildman–Crippen LogP) is 1.83. The van der Waals surface area contributed by atoms with Crippen LogP contribution < -0.4 is 0 Å². The highest BCUT2D eigenvalue weighted by atomic mass is 32.1. The maximum Gasteiger partial charge on any atom is 0.119 e. The molecule has 0 amide bonds. The first kappa shape index (κ1) is 9.64. The lowest BCUT2D eigenvalue weighted by molar-refractivity contribution is 0.133. The summed E-state index contributed by atoms with van der Waals surface area (Å²) in [7, 11) is 1.67. The van der Waals surface area contributed by atoms with Crippen molar-refractivity contribution in [3.63, 3.8) is 0 Å². The summed E-state index contributed by atoms with van der Waals surface area (Å²) in [5, 5.41) is 3.02. The van der Waals surface area contributed by atoms with Crippen molar-refractivity contribution in [3.8, 4) is 0 Å². The molecule has 4 heteroatoms. The van der Waals surface area contributed by atoms with Gasteiger partial charge in [-0.3, -0.25) is 0 Å². The Hall–Kier alpha value is -0.450. The summed E-state index contributed by atoms with van der Waals surface area (Å²) in [6.07, 6.45) is 0. The quantitative estimate of drug-likeness (QED) is 0.704. The van der Waals surface area contributed by atoms with E-state index in [1.165, 1.54) is 0 Å². The predicted molar refractivity (Wildman–Crippen MR) is 48.2 cm³/mol. The van der Waals surface area contributed by atoms with Gasteiger partial charge in [0.25, 0.3) is 0 Å². The van der Waals surface area contributed by atoms with Gasteiger partial charge in [0.15, 0.2) is 0 Å². The fourth-order valence-electron chi connectivity index (χ4n) is 0.819. The smallest absolute Gasteiger partial charge is 0.119 e. The molecule has 0 saturated heterocycles. The van der Waals surface area contributed by atoms with Gasteiger partial charge in [-0.2, -0.15) is 0 Å². The van der Waals surface area contributed by atoms with Gasteiger partial charge >= 0.3 is 0 Å². The van der Waals surface area contributed by atoms with E-state index in [9.17, 15) is 0 Å². The van der Waals surface area contributed by atoms with Crippen molar-refractivity contribution in [1.82, 2.24) is 4.98 Å². The van der Waals surface area contributed by atoms with Gasteiger partial charge in [-0.25, -0.2) is 4.98 Å². The fraction of sp³-hybridized carbons (Fsp3) is 0.625. The van der Waals surface area contributed by atoms with Crippen LogP contribution in [0.2, 0.25) is 0 Å². The lowest BCUT2D eigenvalue weighted by atomic mass is 10.5. The fourth-order valence-corrected chi connectivity index (χ4v) is 1.53. The molecule has 0 atom stereocenters. The molecule has 0 N–H and O–H groups in total. The Morgan fingerprint density at radius 3 is 3.00 bits per heavy atom. The Bertz CT molecular complexity index is 225. The largest absolute Gasteiger partial charge is 0.378 e. The van der Waals surface area contributed by atoms with Gasteiger partial charge in [-0.1, -0.05) is 0 Å². The molecular weight excluding hydrogens is 174 g/mol. The lowest BCUT2D eigenvalue weighted by Crippen LogP contribution is -1.92. The summed E-state index contributed by atoms with van der Waals surface area (Å²) in [5.41, 5.74) is 0.984. The zero-order valence-corrected chi connectivity index (χ0v) is 8.19. The van der Waals surface area contributed by atoms with Gasteiger partial charge in [0.2, 0.25) is 0 Å². The van der Waals surface area contributed by atoms with E-state index in [-0.39, 0.29) is 0 Å². The number of rotatable bonds is 5. The van der Waals surface area contributed by atoms with Crippen LogP contribution in [0, 0.1) is 0 Å². The third-order valence-corrected chi connectivity index (χ3v) is 2.19. The van der Waals surface area contributed by atoms with Crippen molar-refractivity contribution in [1.29, 1.82) is 0 Å². The van der Waals surface area contributed by atoms with Crippen LogP contribution in [-0.2, 0) is 22.7 Å². The number of nitrogens with zero attached hydrogens (tertiary/aromatic N) is 1. The van der Waals surface area contributed by atoms with Crippen LogP contribution in [0.4, 0.5) is 0 Å². The van der Waals surface area contributed by atoms with E-state index in [1.807, 2.05) is 12.3 Å². The molecule has 0 saturated carbocycles. The molecule has 0 fully saturated rings.